The highest BCUT2D eigenvalue weighted by molar-refractivity contribution is 5.79. The van der Waals surface area contributed by atoms with Crippen molar-refractivity contribution in [2.75, 3.05) is 0 Å². The van der Waals surface area contributed by atoms with Crippen LogP contribution in [-0.2, 0) is 9.53 Å². The Balaban J connectivity index is 2.08. The maximum atomic E-state index is 12.9. The van der Waals surface area contributed by atoms with Crippen LogP contribution >= 0.6 is 0 Å². The minimum absolute atomic E-state index is 0.0485. The van der Waals surface area contributed by atoms with Gasteiger partial charge in [0.25, 0.3) is 0 Å². The third kappa shape index (κ3) is 5.60. The number of hydrogen-bond acceptors (Lipinski definition) is 3. The van der Waals surface area contributed by atoms with E-state index < -0.39 is 6.10 Å². The Hall–Kier alpha value is -1.77. The van der Waals surface area contributed by atoms with E-state index in [1.165, 1.54) is 19.3 Å². The molecule has 1 aromatic carbocycles. The van der Waals surface area contributed by atoms with E-state index in [1.54, 1.807) is 0 Å². The lowest BCUT2D eigenvalue weighted by Gasteiger charge is -2.21. The summed E-state index contributed by atoms with van der Waals surface area (Å²) in [7, 11) is 0. The highest BCUT2D eigenvalue weighted by atomic mass is 16.6. The van der Waals surface area contributed by atoms with Crippen molar-refractivity contribution in [3.05, 3.63) is 41.2 Å². The molecule has 3 heteroatoms. The molecular weight excluding hydrogens is 336 g/mol. The highest BCUT2D eigenvalue weighted by Gasteiger charge is 2.34. The molecule has 2 rings (SSSR count). The molecule has 2 atom stereocenters. The molecule has 0 radical (unpaired) electrons. The number of esters is 1. The normalized spacial score (nSPS) is 19.3. The van der Waals surface area contributed by atoms with Gasteiger partial charge < -0.3 is 9.47 Å². The standard InChI is InChI=1S/C24H36O3/c1-7-8-9-10-12-19-15-18(6)22(26-19)24(25)27-23-20(16(2)3)13-11-14-21(23)17(4)5/h11,13-18,22H,7-10,12H2,1-6H3/t18-,22-/m1/s1. The molecule has 27 heavy (non-hydrogen) atoms. The molecule has 0 unspecified atom stereocenters. The molecule has 0 fully saturated rings. The predicted octanol–water partition coefficient (Wildman–Crippen LogP) is 6.73. The van der Waals surface area contributed by atoms with Crippen molar-refractivity contribution in [1.29, 1.82) is 0 Å². The van der Waals surface area contributed by atoms with Crippen molar-refractivity contribution in [1.82, 2.24) is 0 Å². The van der Waals surface area contributed by atoms with Crippen LogP contribution in [0.3, 0.4) is 0 Å². The number of rotatable bonds is 9. The Morgan fingerprint density at radius 3 is 2.26 bits per heavy atom. The fourth-order valence-electron chi connectivity index (χ4n) is 3.58. The molecule has 3 nitrogen and oxygen atoms in total. The van der Waals surface area contributed by atoms with E-state index in [-0.39, 0.29) is 11.9 Å². The van der Waals surface area contributed by atoms with Gasteiger partial charge in [-0.3, -0.25) is 0 Å². The number of ether oxygens (including phenoxy) is 2. The minimum atomic E-state index is -0.536. The van der Waals surface area contributed by atoms with Crippen molar-refractivity contribution >= 4 is 5.97 Å². The van der Waals surface area contributed by atoms with Gasteiger partial charge in [0.1, 0.15) is 5.75 Å². The number of carbonyl (C=O) groups is 1. The minimum Gasteiger partial charge on any atom is -0.483 e. The summed E-state index contributed by atoms with van der Waals surface area (Å²) in [5.74, 6) is 2.02. The maximum absolute atomic E-state index is 12.9. The Morgan fingerprint density at radius 1 is 1.07 bits per heavy atom. The van der Waals surface area contributed by atoms with Crippen LogP contribution in [0.25, 0.3) is 0 Å². The Labute approximate surface area is 165 Å². The Bertz CT molecular complexity index is 631. The quantitative estimate of drug-likeness (QED) is 0.274. The molecule has 1 aliphatic rings. The number of unbranched alkanes of at least 4 members (excludes halogenated alkanes) is 3. The van der Waals surface area contributed by atoms with Gasteiger partial charge in [-0.25, -0.2) is 4.79 Å². The topological polar surface area (TPSA) is 35.5 Å². The first-order valence-electron chi connectivity index (χ1n) is 10.6. The van der Waals surface area contributed by atoms with Crippen LogP contribution in [0.4, 0.5) is 0 Å². The number of hydrogen-bond donors (Lipinski definition) is 0. The van der Waals surface area contributed by atoms with Crippen LogP contribution in [0.5, 0.6) is 5.75 Å². The number of allylic oxidation sites excluding steroid dienone is 1. The number of carbonyl (C=O) groups excluding carboxylic acids is 1. The summed E-state index contributed by atoms with van der Waals surface area (Å²) in [6.07, 6.45) is 7.26. The van der Waals surface area contributed by atoms with Crippen molar-refractivity contribution in [3.63, 3.8) is 0 Å². The SMILES string of the molecule is CCCCCCC1=C[C@@H](C)[C@H](C(=O)Oc2c(C(C)C)cccc2C(C)C)O1. The van der Waals surface area contributed by atoms with Gasteiger partial charge in [-0.15, -0.1) is 0 Å². The summed E-state index contributed by atoms with van der Waals surface area (Å²) in [5, 5.41) is 0. The van der Waals surface area contributed by atoms with Gasteiger partial charge in [0.15, 0.2) is 0 Å². The van der Waals surface area contributed by atoms with Crippen molar-refractivity contribution in [2.45, 2.75) is 91.6 Å². The van der Waals surface area contributed by atoms with Crippen LogP contribution < -0.4 is 4.74 Å². The van der Waals surface area contributed by atoms with Crippen LogP contribution in [0.2, 0.25) is 0 Å². The van der Waals surface area contributed by atoms with E-state index in [9.17, 15) is 4.79 Å². The lowest BCUT2D eigenvalue weighted by Crippen LogP contribution is -2.31. The summed E-state index contributed by atoms with van der Waals surface area (Å²) < 4.78 is 11.9. The van der Waals surface area contributed by atoms with Crippen LogP contribution in [0.1, 0.15) is 96.6 Å². The van der Waals surface area contributed by atoms with Crippen molar-refractivity contribution in [3.8, 4) is 5.75 Å². The first-order valence-corrected chi connectivity index (χ1v) is 10.6. The largest absolute Gasteiger partial charge is 0.483 e. The molecule has 0 amide bonds. The zero-order valence-electron chi connectivity index (χ0n) is 17.9. The average molecular weight is 373 g/mol. The predicted molar refractivity (Wildman–Crippen MR) is 111 cm³/mol. The van der Waals surface area contributed by atoms with Gasteiger partial charge >= 0.3 is 5.97 Å². The Kier molecular flexibility index (Phi) is 7.94. The Morgan fingerprint density at radius 2 is 1.70 bits per heavy atom. The van der Waals surface area contributed by atoms with Crippen molar-refractivity contribution < 1.29 is 14.3 Å². The molecule has 0 N–H and O–H groups in total. The molecule has 0 aromatic heterocycles. The average Bonchev–Trinajstić information content (AvgIpc) is 2.99. The summed E-state index contributed by atoms with van der Waals surface area (Å²) in [6, 6.07) is 6.15. The van der Waals surface area contributed by atoms with Crippen LogP contribution in [-0.4, -0.2) is 12.1 Å². The van der Waals surface area contributed by atoms with Gasteiger partial charge in [0, 0.05) is 12.3 Å². The van der Waals surface area contributed by atoms with Gasteiger partial charge in [0.2, 0.25) is 6.10 Å². The molecule has 0 bridgehead atoms. The molecule has 150 valence electrons. The summed E-state index contributed by atoms with van der Waals surface area (Å²) >= 11 is 0. The number of benzene rings is 1. The molecular formula is C24H36O3. The third-order valence-corrected chi connectivity index (χ3v) is 5.24. The van der Waals surface area contributed by atoms with E-state index in [1.807, 2.05) is 13.0 Å². The van der Waals surface area contributed by atoms with Gasteiger partial charge in [-0.1, -0.05) is 79.0 Å². The van der Waals surface area contributed by atoms with E-state index in [2.05, 4.69) is 52.8 Å². The second-order valence-electron chi connectivity index (χ2n) is 8.34. The molecule has 1 heterocycles. The second-order valence-corrected chi connectivity index (χ2v) is 8.34. The van der Waals surface area contributed by atoms with Crippen molar-refractivity contribution in [2.24, 2.45) is 5.92 Å². The lowest BCUT2D eigenvalue weighted by molar-refractivity contribution is -0.145. The monoisotopic (exact) mass is 372 g/mol. The van der Waals surface area contributed by atoms with Gasteiger partial charge in [0.05, 0.1) is 5.76 Å². The molecule has 0 aliphatic carbocycles. The molecule has 1 aromatic rings. The zero-order valence-corrected chi connectivity index (χ0v) is 17.9. The zero-order chi connectivity index (χ0) is 20.0. The van der Waals surface area contributed by atoms with Crippen LogP contribution in [0, 0.1) is 5.92 Å². The van der Waals surface area contributed by atoms with E-state index in [0.717, 1.165) is 35.5 Å². The summed E-state index contributed by atoms with van der Waals surface area (Å²) in [6.45, 7) is 12.7. The van der Waals surface area contributed by atoms with Gasteiger partial charge in [-0.05, 0) is 35.5 Å². The van der Waals surface area contributed by atoms with E-state index in [0.29, 0.717) is 11.8 Å². The summed E-state index contributed by atoms with van der Waals surface area (Å²) in [5.41, 5.74) is 2.15. The van der Waals surface area contributed by atoms with E-state index in [4.69, 9.17) is 9.47 Å². The maximum Gasteiger partial charge on any atom is 0.353 e. The first kappa shape index (κ1) is 21.5. The lowest BCUT2D eigenvalue weighted by atomic mass is 9.94. The molecule has 0 spiro atoms. The molecule has 0 saturated heterocycles. The molecule has 0 saturated carbocycles. The second kappa shape index (κ2) is 9.96. The fraction of sp³-hybridized carbons (Fsp3) is 0.625. The first-order chi connectivity index (χ1) is 12.8. The van der Waals surface area contributed by atoms with E-state index >= 15 is 0 Å². The fourth-order valence-corrected chi connectivity index (χ4v) is 3.58. The summed E-state index contributed by atoms with van der Waals surface area (Å²) in [4.78, 5) is 12.9. The van der Waals surface area contributed by atoms with Crippen LogP contribution in [0.15, 0.2) is 30.0 Å². The smallest absolute Gasteiger partial charge is 0.353 e. The van der Waals surface area contributed by atoms with Gasteiger partial charge in [-0.2, -0.15) is 0 Å². The number of para-hydroxylation sites is 1. The third-order valence-electron chi connectivity index (χ3n) is 5.24. The molecule has 1 aliphatic heterocycles. The highest BCUT2D eigenvalue weighted by Crippen LogP contribution is 2.36.